The summed E-state index contributed by atoms with van der Waals surface area (Å²) in [6.45, 7) is 6.76. The predicted molar refractivity (Wildman–Crippen MR) is 152 cm³/mol. The number of piperazine rings is 1. The summed E-state index contributed by atoms with van der Waals surface area (Å²) in [6, 6.07) is 13.3. The van der Waals surface area contributed by atoms with Crippen LogP contribution in [0.25, 0.3) is 17.1 Å². The second-order valence-electron chi connectivity index (χ2n) is 10.7. The smallest absolute Gasteiger partial charge is 0.161 e. The molecule has 0 amide bonds. The molecule has 8 rings (SSSR count). The maximum Gasteiger partial charge on any atom is 0.161 e. The third-order valence-electron chi connectivity index (χ3n) is 7.67. The van der Waals surface area contributed by atoms with E-state index >= 15 is 0 Å². The predicted octanol–water partition coefficient (Wildman–Crippen LogP) is 4.17. The SMILES string of the molecule is Cc1cc(Cc2cc(C)[nH]n2)nc(-c2ccc(N3CC4CC(C3)N4Cc3ccc(-n4cc(Cl)cn4)cn3)nc2)n1. The van der Waals surface area contributed by atoms with Crippen LogP contribution in [0, 0.1) is 13.8 Å². The summed E-state index contributed by atoms with van der Waals surface area (Å²) in [5.41, 5.74) is 6.78. The highest BCUT2D eigenvalue weighted by Crippen LogP contribution is 2.35. The van der Waals surface area contributed by atoms with Gasteiger partial charge in [0.05, 0.1) is 40.2 Å². The molecule has 5 aromatic heterocycles. The van der Waals surface area contributed by atoms with E-state index in [0.29, 0.717) is 29.4 Å². The Balaban J connectivity index is 0.991. The summed E-state index contributed by atoms with van der Waals surface area (Å²) in [5, 5.41) is 12.2. The Bertz CT molecular complexity index is 1630. The van der Waals surface area contributed by atoms with Gasteiger partial charge in [0.25, 0.3) is 0 Å². The summed E-state index contributed by atoms with van der Waals surface area (Å²) in [5.74, 6) is 1.70. The minimum atomic E-state index is 0.500. The molecule has 0 aliphatic carbocycles. The molecular weight excluding hydrogens is 524 g/mol. The number of halogens is 1. The molecule has 8 heterocycles. The molecule has 2 unspecified atom stereocenters. The largest absolute Gasteiger partial charge is 0.353 e. The third kappa shape index (κ3) is 4.96. The molecule has 10 nitrogen and oxygen atoms in total. The Morgan fingerprint density at radius 2 is 1.80 bits per heavy atom. The zero-order valence-electron chi connectivity index (χ0n) is 22.4. The van der Waals surface area contributed by atoms with Crippen LogP contribution in [0.2, 0.25) is 5.02 Å². The number of hydrogen-bond acceptors (Lipinski definition) is 8. The molecule has 1 N–H and O–H groups in total. The molecule has 202 valence electrons. The van der Waals surface area contributed by atoms with Crippen molar-refractivity contribution in [2.45, 2.75) is 45.3 Å². The molecule has 11 heteroatoms. The number of aryl methyl sites for hydroxylation is 2. The monoisotopic (exact) mass is 552 g/mol. The van der Waals surface area contributed by atoms with E-state index in [2.05, 4.69) is 53.3 Å². The minimum absolute atomic E-state index is 0.500. The highest BCUT2D eigenvalue weighted by atomic mass is 35.5. The molecule has 2 atom stereocenters. The first kappa shape index (κ1) is 24.9. The molecule has 5 aromatic rings. The fourth-order valence-corrected chi connectivity index (χ4v) is 5.85. The lowest BCUT2D eigenvalue weighted by atomic mass is 9.87. The van der Waals surface area contributed by atoms with Gasteiger partial charge in [-0.05, 0) is 56.7 Å². The van der Waals surface area contributed by atoms with Gasteiger partial charge in [-0.15, -0.1) is 0 Å². The number of aromatic amines is 1. The van der Waals surface area contributed by atoms with Crippen LogP contribution >= 0.6 is 11.6 Å². The van der Waals surface area contributed by atoms with Crippen molar-refractivity contribution in [1.29, 1.82) is 0 Å². The molecule has 3 saturated heterocycles. The molecule has 3 aliphatic heterocycles. The number of H-pyrrole nitrogens is 1. The van der Waals surface area contributed by atoms with Gasteiger partial charge in [-0.25, -0.2) is 19.6 Å². The van der Waals surface area contributed by atoms with Gasteiger partial charge in [-0.2, -0.15) is 10.2 Å². The third-order valence-corrected chi connectivity index (χ3v) is 7.87. The number of rotatable bonds is 7. The molecule has 2 bridgehead atoms. The number of anilines is 1. The van der Waals surface area contributed by atoms with E-state index in [4.69, 9.17) is 21.6 Å². The lowest BCUT2D eigenvalue weighted by Crippen LogP contribution is -2.68. The van der Waals surface area contributed by atoms with Gasteiger partial charge in [-0.1, -0.05) is 11.6 Å². The number of piperidine rings is 1. The topological polar surface area (TPSA) is 105 Å². The molecular formula is C29H29ClN10. The number of fused-ring (bicyclic) bond motifs is 2. The van der Waals surface area contributed by atoms with Crippen LogP contribution in [0.4, 0.5) is 5.82 Å². The summed E-state index contributed by atoms with van der Waals surface area (Å²) >= 11 is 5.99. The molecule has 0 radical (unpaired) electrons. The van der Waals surface area contributed by atoms with Crippen LogP contribution in [-0.4, -0.2) is 70.0 Å². The van der Waals surface area contributed by atoms with Gasteiger partial charge in [0, 0.05) is 67.5 Å². The molecule has 3 aliphatic rings. The van der Waals surface area contributed by atoms with Crippen LogP contribution < -0.4 is 4.90 Å². The van der Waals surface area contributed by atoms with Crippen molar-refractivity contribution in [2.75, 3.05) is 18.0 Å². The van der Waals surface area contributed by atoms with E-state index in [9.17, 15) is 0 Å². The number of pyridine rings is 2. The molecule has 0 saturated carbocycles. The van der Waals surface area contributed by atoms with Crippen molar-refractivity contribution in [3.8, 4) is 17.1 Å². The molecule has 0 aromatic carbocycles. The fourth-order valence-electron chi connectivity index (χ4n) is 5.72. The average molecular weight is 553 g/mol. The van der Waals surface area contributed by atoms with Gasteiger partial charge in [0.1, 0.15) is 5.82 Å². The fraction of sp³-hybridized carbons (Fsp3) is 0.310. The van der Waals surface area contributed by atoms with E-state index in [-0.39, 0.29) is 0 Å². The second-order valence-corrected chi connectivity index (χ2v) is 11.1. The van der Waals surface area contributed by atoms with Gasteiger partial charge < -0.3 is 4.90 Å². The highest BCUT2D eigenvalue weighted by molar-refractivity contribution is 6.30. The quantitative estimate of drug-likeness (QED) is 0.321. The first-order chi connectivity index (χ1) is 19.5. The number of hydrogen-bond donors (Lipinski definition) is 1. The van der Waals surface area contributed by atoms with E-state index in [1.807, 2.05) is 44.4 Å². The number of nitrogens with zero attached hydrogens (tertiary/aromatic N) is 9. The van der Waals surface area contributed by atoms with Crippen LogP contribution in [0.3, 0.4) is 0 Å². The van der Waals surface area contributed by atoms with E-state index in [1.54, 1.807) is 17.1 Å². The lowest BCUT2D eigenvalue weighted by Gasteiger charge is -2.56. The van der Waals surface area contributed by atoms with Crippen molar-refractivity contribution in [1.82, 2.24) is 44.8 Å². The Hall–Kier alpha value is -4.15. The minimum Gasteiger partial charge on any atom is -0.353 e. The second kappa shape index (κ2) is 10.1. The average Bonchev–Trinajstić information content (AvgIpc) is 3.59. The highest BCUT2D eigenvalue weighted by Gasteiger charge is 2.44. The summed E-state index contributed by atoms with van der Waals surface area (Å²) in [7, 11) is 0. The van der Waals surface area contributed by atoms with Crippen LogP contribution in [-0.2, 0) is 13.0 Å². The number of nitrogens with one attached hydrogen (secondary N) is 1. The van der Waals surface area contributed by atoms with E-state index < -0.39 is 0 Å². The van der Waals surface area contributed by atoms with Gasteiger partial charge in [0.2, 0.25) is 0 Å². The Kier molecular flexibility index (Phi) is 6.28. The van der Waals surface area contributed by atoms with Gasteiger partial charge >= 0.3 is 0 Å². The Morgan fingerprint density at radius 3 is 2.48 bits per heavy atom. The lowest BCUT2D eigenvalue weighted by molar-refractivity contribution is -0.00967. The standard InChI is InChI=1S/C29H29ClN10/c1-18-7-23(9-24-8-19(2)36-37-24)35-29(34-18)20-3-6-28(32-11-20)38-16-26-10-27(17-38)39(26)15-22-4-5-25(13-31-22)40-14-21(30)12-33-40/h3-8,11-14,26-27H,9-10,15-17H2,1-2H3,(H,36,37). The van der Waals surface area contributed by atoms with Crippen LogP contribution in [0.1, 0.15) is 34.9 Å². The van der Waals surface area contributed by atoms with Crippen molar-refractivity contribution in [3.63, 3.8) is 0 Å². The van der Waals surface area contributed by atoms with Crippen LogP contribution in [0.5, 0.6) is 0 Å². The van der Waals surface area contributed by atoms with Crippen molar-refractivity contribution < 1.29 is 0 Å². The molecule has 0 spiro atoms. The summed E-state index contributed by atoms with van der Waals surface area (Å²) in [6.07, 6.45) is 9.03. The maximum absolute atomic E-state index is 5.99. The maximum atomic E-state index is 5.99. The Morgan fingerprint density at radius 1 is 0.925 bits per heavy atom. The van der Waals surface area contributed by atoms with E-state index in [1.165, 1.54) is 6.42 Å². The van der Waals surface area contributed by atoms with Crippen molar-refractivity contribution in [2.24, 2.45) is 0 Å². The van der Waals surface area contributed by atoms with Gasteiger partial charge in [-0.3, -0.25) is 15.0 Å². The summed E-state index contributed by atoms with van der Waals surface area (Å²) < 4.78 is 1.74. The first-order valence-electron chi connectivity index (χ1n) is 13.4. The zero-order valence-corrected chi connectivity index (χ0v) is 23.1. The molecule has 3 fully saturated rings. The van der Waals surface area contributed by atoms with Crippen LogP contribution in [0.15, 0.2) is 61.2 Å². The summed E-state index contributed by atoms with van der Waals surface area (Å²) in [4.78, 5) is 23.9. The Labute approximate surface area is 237 Å². The first-order valence-corrected chi connectivity index (χ1v) is 13.8. The number of aromatic nitrogens is 8. The molecule has 40 heavy (non-hydrogen) atoms. The normalized spacial score (nSPS) is 18.6. The van der Waals surface area contributed by atoms with E-state index in [0.717, 1.165) is 65.2 Å². The van der Waals surface area contributed by atoms with Gasteiger partial charge in [0.15, 0.2) is 5.82 Å². The van der Waals surface area contributed by atoms with Crippen molar-refractivity contribution in [3.05, 3.63) is 94.7 Å². The zero-order chi connectivity index (χ0) is 27.2. The van der Waals surface area contributed by atoms with Crippen molar-refractivity contribution >= 4 is 17.4 Å².